The Bertz CT molecular complexity index is 612. The van der Waals surface area contributed by atoms with Crippen LogP contribution in [-0.4, -0.2) is 36.4 Å². The van der Waals surface area contributed by atoms with E-state index in [9.17, 15) is 4.79 Å². The van der Waals surface area contributed by atoms with Crippen LogP contribution in [0.15, 0.2) is 23.3 Å². The molecule has 1 heterocycles. The number of nitrogens with zero attached hydrogens (tertiary/aromatic N) is 2. The molecule has 0 aromatic heterocycles. The number of amidine groups is 1. The van der Waals surface area contributed by atoms with Gasteiger partial charge in [0, 0.05) is 18.1 Å². The van der Waals surface area contributed by atoms with Crippen LogP contribution in [0.2, 0.25) is 10.0 Å². The summed E-state index contributed by atoms with van der Waals surface area (Å²) in [7, 11) is 0. The van der Waals surface area contributed by atoms with Crippen molar-refractivity contribution in [1.29, 1.82) is 0 Å². The Morgan fingerprint density at radius 1 is 1.33 bits per heavy atom. The van der Waals surface area contributed by atoms with E-state index in [2.05, 4.69) is 24.4 Å². The van der Waals surface area contributed by atoms with Gasteiger partial charge in [0.2, 0.25) is 5.84 Å². The van der Waals surface area contributed by atoms with Gasteiger partial charge in [0.1, 0.15) is 0 Å². The second-order valence-corrected chi connectivity index (χ2v) is 7.09. The molecule has 0 aliphatic carbocycles. The van der Waals surface area contributed by atoms with Crippen LogP contribution in [-0.2, 0) is 9.53 Å². The first kappa shape index (κ1) is 18.9. The highest BCUT2D eigenvalue weighted by atomic mass is 35.5. The average molecular weight is 372 g/mol. The van der Waals surface area contributed by atoms with E-state index < -0.39 is 5.97 Å². The number of esters is 1. The van der Waals surface area contributed by atoms with Crippen molar-refractivity contribution in [2.75, 3.05) is 25.1 Å². The summed E-state index contributed by atoms with van der Waals surface area (Å²) in [6.45, 7) is 7.96. The SMILES string of the molecule is CCOC(=O)/C(=N/Nc1cc(Cl)ccc1Cl)N1C[C@H](C)C[C@@H](C)C1. The number of hydrogen-bond donors (Lipinski definition) is 1. The van der Waals surface area contributed by atoms with Gasteiger partial charge in [-0.25, -0.2) is 4.79 Å². The van der Waals surface area contributed by atoms with Crippen molar-refractivity contribution >= 4 is 40.7 Å². The Labute approximate surface area is 152 Å². The molecule has 0 unspecified atom stereocenters. The Morgan fingerprint density at radius 2 is 2.00 bits per heavy atom. The van der Waals surface area contributed by atoms with Crippen LogP contribution < -0.4 is 5.43 Å². The summed E-state index contributed by atoms with van der Waals surface area (Å²) in [4.78, 5) is 14.3. The molecule has 1 aromatic carbocycles. The molecule has 1 fully saturated rings. The molecule has 7 heteroatoms. The molecule has 1 aromatic rings. The van der Waals surface area contributed by atoms with E-state index in [1.54, 1.807) is 25.1 Å². The van der Waals surface area contributed by atoms with Crippen LogP contribution in [0.1, 0.15) is 27.2 Å². The zero-order valence-electron chi connectivity index (χ0n) is 14.2. The third kappa shape index (κ3) is 5.02. The number of hydrazone groups is 1. The molecule has 0 radical (unpaired) electrons. The maximum absolute atomic E-state index is 12.3. The summed E-state index contributed by atoms with van der Waals surface area (Å²) in [6.07, 6.45) is 1.14. The number of likely N-dealkylation sites (tertiary alicyclic amines) is 1. The van der Waals surface area contributed by atoms with Crippen molar-refractivity contribution in [2.45, 2.75) is 27.2 Å². The predicted molar refractivity (Wildman–Crippen MR) is 98.7 cm³/mol. The average Bonchev–Trinajstić information content (AvgIpc) is 2.50. The maximum atomic E-state index is 12.3. The molecule has 1 aliphatic heterocycles. The number of carbonyl (C=O) groups is 1. The molecule has 24 heavy (non-hydrogen) atoms. The fourth-order valence-corrected chi connectivity index (χ4v) is 3.31. The molecule has 5 nitrogen and oxygen atoms in total. The topological polar surface area (TPSA) is 53.9 Å². The fraction of sp³-hybridized carbons (Fsp3) is 0.529. The molecule has 132 valence electrons. The third-order valence-corrected chi connectivity index (χ3v) is 4.40. The number of nitrogens with one attached hydrogen (secondary N) is 1. The minimum atomic E-state index is -0.440. The van der Waals surface area contributed by atoms with Crippen molar-refractivity contribution in [3.8, 4) is 0 Å². The van der Waals surface area contributed by atoms with Crippen molar-refractivity contribution in [2.24, 2.45) is 16.9 Å². The minimum absolute atomic E-state index is 0.270. The quantitative estimate of drug-likeness (QED) is 0.373. The molecule has 1 N–H and O–H groups in total. The number of anilines is 1. The zero-order valence-corrected chi connectivity index (χ0v) is 15.7. The van der Waals surface area contributed by atoms with Gasteiger partial charge in [0.05, 0.1) is 17.3 Å². The van der Waals surface area contributed by atoms with Crippen molar-refractivity contribution < 1.29 is 9.53 Å². The number of carbonyl (C=O) groups excluding carboxylic acids is 1. The first-order chi connectivity index (χ1) is 11.4. The Balaban J connectivity index is 2.24. The van der Waals surface area contributed by atoms with Crippen LogP contribution in [0.25, 0.3) is 0 Å². The summed E-state index contributed by atoms with van der Waals surface area (Å²) in [6, 6.07) is 5.04. The number of rotatable bonds is 3. The van der Waals surface area contributed by atoms with Gasteiger partial charge >= 0.3 is 5.97 Å². The molecule has 2 atom stereocenters. The number of hydrogen-bond acceptors (Lipinski definition) is 4. The molecule has 0 bridgehead atoms. The van der Waals surface area contributed by atoms with E-state index in [-0.39, 0.29) is 5.84 Å². The van der Waals surface area contributed by atoms with E-state index in [1.807, 2.05) is 4.90 Å². The molecule has 0 saturated carbocycles. The summed E-state index contributed by atoms with van der Waals surface area (Å²) < 4.78 is 5.16. The molecule has 0 amide bonds. The van der Waals surface area contributed by atoms with Crippen LogP contribution in [0.3, 0.4) is 0 Å². The lowest BCUT2D eigenvalue weighted by Crippen LogP contribution is -2.46. The van der Waals surface area contributed by atoms with Gasteiger partial charge in [0.15, 0.2) is 0 Å². The second kappa shape index (κ2) is 8.58. The molecule has 2 rings (SSSR count). The van der Waals surface area contributed by atoms with Gasteiger partial charge in [0.25, 0.3) is 0 Å². The summed E-state index contributed by atoms with van der Waals surface area (Å²) in [5.41, 5.74) is 3.39. The Kier molecular flexibility index (Phi) is 6.75. The van der Waals surface area contributed by atoms with Crippen LogP contribution in [0.4, 0.5) is 5.69 Å². The van der Waals surface area contributed by atoms with Crippen LogP contribution >= 0.6 is 23.2 Å². The summed E-state index contributed by atoms with van der Waals surface area (Å²) in [5.74, 6) is 0.807. The molecule has 0 spiro atoms. The zero-order chi connectivity index (χ0) is 17.7. The van der Waals surface area contributed by atoms with E-state index in [0.717, 1.165) is 19.5 Å². The number of benzene rings is 1. The lowest BCUT2D eigenvalue weighted by molar-refractivity contribution is -0.136. The van der Waals surface area contributed by atoms with Crippen molar-refractivity contribution in [3.05, 3.63) is 28.2 Å². The largest absolute Gasteiger partial charge is 0.460 e. The first-order valence-electron chi connectivity index (χ1n) is 8.11. The molecule has 1 aliphatic rings. The Morgan fingerprint density at radius 3 is 2.62 bits per heavy atom. The highest BCUT2D eigenvalue weighted by Crippen LogP contribution is 2.26. The van der Waals surface area contributed by atoms with E-state index >= 15 is 0 Å². The van der Waals surface area contributed by atoms with Crippen molar-refractivity contribution in [1.82, 2.24) is 4.90 Å². The van der Waals surface area contributed by atoms with E-state index in [1.165, 1.54) is 0 Å². The second-order valence-electron chi connectivity index (χ2n) is 6.24. The standard InChI is InChI=1S/C17H23Cl2N3O2/c1-4-24-17(23)16(22-9-11(2)7-12(3)10-22)21-20-15-8-13(18)5-6-14(15)19/h5-6,8,11-12,20H,4,7,9-10H2,1-3H3/b21-16-/t11-,12-/m1/s1. The summed E-state index contributed by atoms with van der Waals surface area (Å²) >= 11 is 12.1. The highest BCUT2D eigenvalue weighted by Gasteiger charge is 2.28. The monoisotopic (exact) mass is 371 g/mol. The van der Waals surface area contributed by atoms with Gasteiger partial charge in [-0.15, -0.1) is 5.10 Å². The Hall–Kier alpha value is -1.46. The first-order valence-corrected chi connectivity index (χ1v) is 8.87. The minimum Gasteiger partial charge on any atom is -0.460 e. The third-order valence-electron chi connectivity index (χ3n) is 3.84. The van der Waals surface area contributed by atoms with Gasteiger partial charge in [-0.05, 0) is 43.4 Å². The van der Waals surface area contributed by atoms with Crippen LogP contribution in [0.5, 0.6) is 0 Å². The maximum Gasteiger partial charge on any atom is 0.375 e. The molecular weight excluding hydrogens is 349 g/mol. The van der Waals surface area contributed by atoms with Gasteiger partial charge in [-0.2, -0.15) is 0 Å². The fourth-order valence-electron chi connectivity index (χ4n) is 2.97. The molecular formula is C17H23Cl2N3O2. The highest BCUT2D eigenvalue weighted by molar-refractivity contribution is 6.36. The smallest absolute Gasteiger partial charge is 0.375 e. The normalized spacial score (nSPS) is 21.5. The number of halogens is 2. The van der Waals surface area contributed by atoms with E-state index in [0.29, 0.717) is 34.2 Å². The van der Waals surface area contributed by atoms with E-state index in [4.69, 9.17) is 27.9 Å². The van der Waals surface area contributed by atoms with Crippen molar-refractivity contribution in [3.63, 3.8) is 0 Å². The molecule has 1 saturated heterocycles. The van der Waals surface area contributed by atoms with Gasteiger partial charge < -0.3 is 9.64 Å². The van der Waals surface area contributed by atoms with Gasteiger partial charge in [-0.1, -0.05) is 37.0 Å². The van der Waals surface area contributed by atoms with Crippen LogP contribution in [0, 0.1) is 11.8 Å². The lowest BCUT2D eigenvalue weighted by atomic mass is 9.92. The predicted octanol–water partition coefficient (Wildman–Crippen LogP) is 4.26. The lowest BCUT2D eigenvalue weighted by Gasteiger charge is -2.36. The summed E-state index contributed by atoms with van der Waals surface area (Å²) in [5, 5.41) is 5.30. The number of ether oxygens (including phenoxy) is 1. The number of piperidine rings is 1. The van der Waals surface area contributed by atoms with Gasteiger partial charge in [-0.3, -0.25) is 5.43 Å².